The second-order valence-corrected chi connectivity index (χ2v) is 6.00. The minimum Gasteiger partial charge on any atom is -0.456 e. The molecule has 2 heterocycles. The topological polar surface area (TPSA) is 50.5 Å². The number of aryl methyl sites for hydroxylation is 1. The molecule has 1 aromatic heterocycles. The van der Waals surface area contributed by atoms with Crippen LogP contribution in [-0.2, 0) is 0 Å². The number of halogens is 1. The Hall–Kier alpha value is -2.07. The zero-order valence-electron chi connectivity index (χ0n) is 12.2. The summed E-state index contributed by atoms with van der Waals surface area (Å²) in [7, 11) is 0. The van der Waals surface area contributed by atoms with Crippen molar-refractivity contribution >= 4 is 17.5 Å². The molecule has 22 heavy (non-hydrogen) atoms. The first-order chi connectivity index (χ1) is 10.5. The van der Waals surface area contributed by atoms with Crippen LogP contribution in [0.25, 0.3) is 0 Å². The molecule has 1 atom stereocenters. The van der Waals surface area contributed by atoms with Crippen molar-refractivity contribution < 1.29 is 9.21 Å². The van der Waals surface area contributed by atoms with Crippen molar-refractivity contribution in [3.63, 3.8) is 0 Å². The average Bonchev–Trinajstić information content (AvgIpc) is 2.95. The van der Waals surface area contributed by atoms with E-state index in [4.69, 9.17) is 16.0 Å². The molecule has 0 spiro atoms. The Kier molecular flexibility index (Phi) is 4.03. The lowest BCUT2D eigenvalue weighted by Gasteiger charge is -2.16. The second kappa shape index (κ2) is 5.97. The Bertz CT molecular complexity index is 768. The van der Waals surface area contributed by atoms with Gasteiger partial charge in [0.25, 0.3) is 5.91 Å². The highest BCUT2D eigenvalue weighted by atomic mass is 35.5. The van der Waals surface area contributed by atoms with Crippen LogP contribution >= 0.6 is 11.6 Å². The molecule has 0 radical (unpaired) electrons. The zero-order chi connectivity index (χ0) is 15.7. The predicted octanol–water partition coefficient (Wildman–Crippen LogP) is 3.23. The van der Waals surface area contributed by atoms with Crippen LogP contribution in [0.1, 0.15) is 34.2 Å². The van der Waals surface area contributed by atoms with E-state index in [1.54, 1.807) is 11.8 Å². The van der Waals surface area contributed by atoms with Gasteiger partial charge in [0.2, 0.25) is 0 Å². The van der Waals surface area contributed by atoms with Crippen molar-refractivity contribution in [1.29, 1.82) is 0 Å². The average molecular weight is 318 g/mol. The van der Waals surface area contributed by atoms with E-state index < -0.39 is 0 Å². The SMILES string of the molecule is Cc1cc(=O)cc(C(=O)N2CCC(c3cccc(Cl)c3)C2)o1. The fraction of sp³-hybridized carbons (Fsp3) is 0.294. The number of hydrogen-bond acceptors (Lipinski definition) is 3. The Morgan fingerprint density at radius 3 is 2.86 bits per heavy atom. The van der Waals surface area contributed by atoms with Gasteiger partial charge in [-0.25, -0.2) is 0 Å². The lowest BCUT2D eigenvalue weighted by atomic mass is 9.99. The van der Waals surface area contributed by atoms with Gasteiger partial charge in [0.15, 0.2) is 11.2 Å². The van der Waals surface area contributed by atoms with Gasteiger partial charge in [-0.05, 0) is 31.0 Å². The van der Waals surface area contributed by atoms with E-state index in [0.717, 1.165) is 12.0 Å². The summed E-state index contributed by atoms with van der Waals surface area (Å²) >= 11 is 6.02. The van der Waals surface area contributed by atoms with Crippen LogP contribution in [0.2, 0.25) is 5.02 Å². The summed E-state index contributed by atoms with van der Waals surface area (Å²) in [5, 5.41) is 0.701. The first kappa shape index (κ1) is 14.9. The highest BCUT2D eigenvalue weighted by molar-refractivity contribution is 6.30. The fourth-order valence-corrected chi connectivity index (χ4v) is 3.04. The summed E-state index contributed by atoms with van der Waals surface area (Å²) in [5.41, 5.74) is 0.922. The minimum absolute atomic E-state index is 0.108. The lowest BCUT2D eigenvalue weighted by molar-refractivity contribution is 0.0754. The van der Waals surface area contributed by atoms with Crippen molar-refractivity contribution in [1.82, 2.24) is 4.90 Å². The monoisotopic (exact) mass is 317 g/mol. The molecule has 3 rings (SSSR count). The van der Waals surface area contributed by atoms with E-state index in [1.165, 1.54) is 12.1 Å². The van der Waals surface area contributed by atoms with Gasteiger partial charge in [0.1, 0.15) is 5.76 Å². The van der Waals surface area contributed by atoms with Gasteiger partial charge < -0.3 is 9.32 Å². The van der Waals surface area contributed by atoms with E-state index >= 15 is 0 Å². The molecule has 1 saturated heterocycles. The normalized spacial score (nSPS) is 17.7. The largest absolute Gasteiger partial charge is 0.456 e. The summed E-state index contributed by atoms with van der Waals surface area (Å²) in [6.07, 6.45) is 0.877. The summed E-state index contributed by atoms with van der Waals surface area (Å²) in [4.78, 5) is 25.7. The maximum absolute atomic E-state index is 12.5. The molecule has 1 unspecified atom stereocenters. The molecule has 1 aromatic carbocycles. The summed E-state index contributed by atoms with van der Waals surface area (Å²) in [6, 6.07) is 10.3. The number of likely N-dealkylation sites (tertiary alicyclic amines) is 1. The number of benzene rings is 1. The molecule has 0 N–H and O–H groups in total. The first-order valence-corrected chi connectivity index (χ1v) is 7.57. The van der Waals surface area contributed by atoms with Crippen LogP contribution in [0.4, 0.5) is 0 Å². The van der Waals surface area contributed by atoms with Gasteiger partial charge >= 0.3 is 0 Å². The zero-order valence-corrected chi connectivity index (χ0v) is 13.0. The number of rotatable bonds is 2. The molecule has 0 bridgehead atoms. The predicted molar refractivity (Wildman–Crippen MR) is 84.4 cm³/mol. The summed E-state index contributed by atoms with van der Waals surface area (Å²) in [5.74, 6) is 0.586. The van der Waals surface area contributed by atoms with Crippen molar-refractivity contribution in [2.45, 2.75) is 19.3 Å². The smallest absolute Gasteiger partial charge is 0.289 e. The van der Waals surface area contributed by atoms with Gasteiger partial charge in [-0.1, -0.05) is 23.7 Å². The molecule has 2 aromatic rings. The maximum Gasteiger partial charge on any atom is 0.289 e. The van der Waals surface area contributed by atoms with Crippen LogP contribution < -0.4 is 5.43 Å². The highest BCUT2D eigenvalue weighted by Crippen LogP contribution is 2.29. The molecule has 5 heteroatoms. The van der Waals surface area contributed by atoms with E-state index in [2.05, 4.69) is 0 Å². The number of nitrogens with zero attached hydrogens (tertiary/aromatic N) is 1. The molecule has 0 aliphatic carbocycles. The third-order valence-electron chi connectivity index (χ3n) is 3.90. The minimum atomic E-state index is -0.231. The molecule has 114 valence electrons. The van der Waals surface area contributed by atoms with E-state index in [1.807, 2.05) is 24.3 Å². The van der Waals surface area contributed by atoms with Crippen molar-refractivity contribution in [2.75, 3.05) is 13.1 Å². The van der Waals surface area contributed by atoms with Crippen LogP contribution in [0.15, 0.2) is 45.6 Å². The van der Waals surface area contributed by atoms with Gasteiger partial charge in [-0.15, -0.1) is 0 Å². The number of hydrogen-bond donors (Lipinski definition) is 0. The number of amides is 1. The summed E-state index contributed by atoms with van der Waals surface area (Å²) < 4.78 is 5.38. The maximum atomic E-state index is 12.5. The van der Waals surface area contributed by atoms with E-state index in [-0.39, 0.29) is 23.0 Å². The quantitative estimate of drug-likeness (QED) is 0.854. The van der Waals surface area contributed by atoms with Gasteiger partial charge in [-0.3, -0.25) is 9.59 Å². The van der Waals surface area contributed by atoms with Gasteiger partial charge in [0.05, 0.1) is 0 Å². The van der Waals surface area contributed by atoms with Crippen molar-refractivity contribution in [2.24, 2.45) is 0 Å². The number of carbonyl (C=O) groups is 1. The second-order valence-electron chi connectivity index (χ2n) is 5.56. The van der Waals surface area contributed by atoms with Gasteiger partial charge in [0, 0.05) is 36.2 Å². The van der Waals surface area contributed by atoms with Crippen LogP contribution in [0.5, 0.6) is 0 Å². The summed E-state index contributed by atoms with van der Waals surface area (Å²) in [6.45, 7) is 2.92. The highest BCUT2D eigenvalue weighted by Gasteiger charge is 2.29. The lowest BCUT2D eigenvalue weighted by Crippen LogP contribution is -2.29. The Balaban J connectivity index is 1.77. The first-order valence-electron chi connectivity index (χ1n) is 7.19. The Morgan fingerprint density at radius 1 is 1.32 bits per heavy atom. The van der Waals surface area contributed by atoms with Crippen LogP contribution in [0.3, 0.4) is 0 Å². The molecule has 4 nitrogen and oxygen atoms in total. The standard InChI is InChI=1S/C17H16ClNO3/c1-11-7-15(20)9-16(22-11)17(21)19-6-5-13(10-19)12-3-2-4-14(18)8-12/h2-4,7-9,13H,5-6,10H2,1H3. The van der Waals surface area contributed by atoms with E-state index in [0.29, 0.717) is 23.9 Å². The number of carbonyl (C=O) groups excluding carboxylic acids is 1. The molecule has 1 aliphatic heterocycles. The Morgan fingerprint density at radius 2 is 2.14 bits per heavy atom. The van der Waals surface area contributed by atoms with Crippen molar-refractivity contribution in [3.05, 3.63) is 68.7 Å². The molecular formula is C17H16ClNO3. The third-order valence-corrected chi connectivity index (χ3v) is 4.13. The van der Waals surface area contributed by atoms with E-state index in [9.17, 15) is 9.59 Å². The molecule has 1 aliphatic rings. The molecule has 1 fully saturated rings. The third kappa shape index (κ3) is 3.07. The molecular weight excluding hydrogens is 302 g/mol. The van der Waals surface area contributed by atoms with Crippen molar-refractivity contribution in [3.8, 4) is 0 Å². The van der Waals surface area contributed by atoms with Crippen LogP contribution in [0, 0.1) is 6.92 Å². The van der Waals surface area contributed by atoms with Gasteiger partial charge in [-0.2, -0.15) is 0 Å². The fourth-order valence-electron chi connectivity index (χ4n) is 2.84. The van der Waals surface area contributed by atoms with Crippen LogP contribution in [-0.4, -0.2) is 23.9 Å². The molecule has 1 amide bonds. The molecule has 0 saturated carbocycles. The Labute approximate surface area is 133 Å².